The first kappa shape index (κ1) is 29.3. The van der Waals surface area contributed by atoms with Crippen LogP contribution in [0.4, 0.5) is 0 Å². The summed E-state index contributed by atoms with van der Waals surface area (Å²) in [4.78, 5) is 62.9. The van der Waals surface area contributed by atoms with Crippen LogP contribution in [0.2, 0.25) is 0 Å². The summed E-state index contributed by atoms with van der Waals surface area (Å²) in [6.07, 6.45) is 2.72. The third kappa shape index (κ3) is 8.90. The van der Waals surface area contributed by atoms with Gasteiger partial charge in [0.05, 0.1) is 6.04 Å². The van der Waals surface area contributed by atoms with Crippen LogP contribution in [0.3, 0.4) is 0 Å². The number of unbranched alkanes of at least 4 members (excludes halogenated alkanes) is 1. The Labute approximate surface area is 200 Å². The van der Waals surface area contributed by atoms with E-state index in [0.717, 1.165) is 0 Å². The number of amides is 4. The molecular weight excluding hydrogens is 444 g/mol. The predicted molar refractivity (Wildman–Crippen MR) is 125 cm³/mol. The van der Waals surface area contributed by atoms with Crippen LogP contribution in [0.25, 0.3) is 0 Å². The fraction of sp³-hybridized carbons (Fsp3) is 0.773. The highest BCUT2D eigenvalue weighted by molar-refractivity contribution is 5.94. The third-order valence-electron chi connectivity index (χ3n) is 6.25. The van der Waals surface area contributed by atoms with Gasteiger partial charge in [-0.05, 0) is 51.0 Å². The number of aliphatic carboxylic acids is 1. The number of hydrogen-bond acceptors (Lipinski definition) is 7. The second-order valence-electron chi connectivity index (χ2n) is 8.85. The number of rotatable bonds is 15. The highest BCUT2D eigenvalue weighted by Crippen LogP contribution is 2.20. The molecule has 1 fully saturated rings. The maximum absolute atomic E-state index is 13.1. The van der Waals surface area contributed by atoms with Gasteiger partial charge in [-0.2, -0.15) is 0 Å². The fourth-order valence-electron chi connectivity index (χ4n) is 3.85. The van der Waals surface area contributed by atoms with Crippen molar-refractivity contribution in [3.63, 3.8) is 0 Å². The van der Waals surface area contributed by atoms with Crippen molar-refractivity contribution in [1.29, 1.82) is 0 Å². The molecule has 4 amide bonds. The maximum atomic E-state index is 13.1. The molecule has 9 N–H and O–H groups in total. The van der Waals surface area contributed by atoms with Crippen LogP contribution in [-0.4, -0.2) is 76.9 Å². The van der Waals surface area contributed by atoms with E-state index in [-0.39, 0.29) is 31.7 Å². The number of nitrogens with one attached hydrogen (secondary N) is 2. The molecule has 12 heteroatoms. The molecule has 12 nitrogen and oxygen atoms in total. The van der Waals surface area contributed by atoms with Crippen molar-refractivity contribution in [3.05, 3.63) is 0 Å². The number of carbonyl (C=O) groups excluding carboxylic acids is 4. The van der Waals surface area contributed by atoms with Crippen molar-refractivity contribution in [2.24, 2.45) is 23.1 Å². The quantitative estimate of drug-likeness (QED) is 0.155. The Bertz CT molecular complexity index is 733. The van der Waals surface area contributed by atoms with E-state index in [4.69, 9.17) is 17.2 Å². The van der Waals surface area contributed by atoms with Crippen LogP contribution in [0.15, 0.2) is 0 Å². The molecule has 1 rings (SSSR count). The van der Waals surface area contributed by atoms with Gasteiger partial charge in [-0.25, -0.2) is 4.79 Å². The third-order valence-corrected chi connectivity index (χ3v) is 6.25. The fourth-order valence-corrected chi connectivity index (χ4v) is 3.85. The number of carboxylic acid groups (broad SMARTS) is 1. The lowest BCUT2D eigenvalue weighted by Gasteiger charge is -2.29. The Balaban J connectivity index is 3.03. The second kappa shape index (κ2) is 14.5. The summed E-state index contributed by atoms with van der Waals surface area (Å²) in [5.74, 6) is -3.57. The smallest absolute Gasteiger partial charge is 0.326 e. The van der Waals surface area contributed by atoms with Gasteiger partial charge in [0, 0.05) is 13.0 Å². The largest absolute Gasteiger partial charge is 0.480 e. The Kier molecular flexibility index (Phi) is 12.5. The maximum Gasteiger partial charge on any atom is 0.326 e. The molecule has 0 aromatic rings. The van der Waals surface area contributed by atoms with Crippen molar-refractivity contribution in [3.8, 4) is 0 Å². The average Bonchev–Trinajstić information content (AvgIpc) is 3.29. The minimum absolute atomic E-state index is 0.0847. The Morgan fingerprint density at radius 2 is 1.71 bits per heavy atom. The molecule has 0 bridgehead atoms. The van der Waals surface area contributed by atoms with Crippen molar-refractivity contribution in [2.75, 3.05) is 13.1 Å². The highest BCUT2D eigenvalue weighted by Gasteiger charge is 2.38. The first-order chi connectivity index (χ1) is 16.0. The van der Waals surface area contributed by atoms with Gasteiger partial charge in [0.15, 0.2) is 0 Å². The Morgan fingerprint density at radius 1 is 1.06 bits per heavy atom. The minimum atomic E-state index is -1.16. The molecule has 5 unspecified atom stereocenters. The average molecular weight is 485 g/mol. The molecular formula is C22H40N6O6. The molecule has 194 valence electrons. The number of hydrogen-bond donors (Lipinski definition) is 6. The minimum Gasteiger partial charge on any atom is -0.480 e. The molecule has 1 aliphatic rings. The van der Waals surface area contributed by atoms with Gasteiger partial charge in [-0.1, -0.05) is 20.3 Å². The normalized spacial score (nSPS) is 19.1. The zero-order chi connectivity index (χ0) is 25.8. The van der Waals surface area contributed by atoms with E-state index >= 15 is 0 Å². The SMILES string of the molecule is CCC(C)C(N)C(=O)NC(CCCCN)C(=O)NC(CCC(N)=O)C(=O)N1CCCC1C(=O)O. The Hall–Kier alpha value is -2.73. The second-order valence-corrected chi connectivity index (χ2v) is 8.85. The first-order valence-corrected chi connectivity index (χ1v) is 11.9. The zero-order valence-corrected chi connectivity index (χ0v) is 20.1. The molecule has 1 heterocycles. The van der Waals surface area contributed by atoms with Gasteiger partial charge in [-0.3, -0.25) is 19.2 Å². The number of likely N-dealkylation sites (tertiary alicyclic amines) is 1. The summed E-state index contributed by atoms with van der Waals surface area (Å²) in [6, 6.07) is -3.92. The van der Waals surface area contributed by atoms with Crippen LogP contribution in [-0.2, 0) is 24.0 Å². The van der Waals surface area contributed by atoms with Crippen LogP contribution in [0.1, 0.15) is 65.2 Å². The van der Waals surface area contributed by atoms with E-state index in [9.17, 15) is 29.1 Å². The van der Waals surface area contributed by atoms with Crippen LogP contribution in [0.5, 0.6) is 0 Å². The van der Waals surface area contributed by atoms with Gasteiger partial charge in [0.2, 0.25) is 23.6 Å². The van der Waals surface area contributed by atoms with E-state index in [0.29, 0.717) is 38.6 Å². The van der Waals surface area contributed by atoms with Crippen molar-refractivity contribution < 1.29 is 29.1 Å². The van der Waals surface area contributed by atoms with Gasteiger partial charge < -0.3 is 37.8 Å². The number of nitrogens with two attached hydrogens (primary N) is 3. The lowest BCUT2D eigenvalue weighted by Crippen LogP contribution is -2.57. The van der Waals surface area contributed by atoms with Crippen LogP contribution >= 0.6 is 0 Å². The summed E-state index contributed by atoms with van der Waals surface area (Å²) in [5, 5.41) is 14.7. The van der Waals surface area contributed by atoms with Gasteiger partial charge in [0.25, 0.3) is 0 Å². The monoisotopic (exact) mass is 484 g/mol. The zero-order valence-electron chi connectivity index (χ0n) is 20.1. The van der Waals surface area contributed by atoms with Crippen molar-refractivity contribution in [1.82, 2.24) is 15.5 Å². The summed E-state index contributed by atoms with van der Waals surface area (Å²) >= 11 is 0. The van der Waals surface area contributed by atoms with Gasteiger partial charge in [-0.15, -0.1) is 0 Å². The molecule has 0 aromatic heterocycles. The van der Waals surface area contributed by atoms with E-state index in [2.05, 4.69) is 10.6 Å². The molecule has 0 aromatic carbocycles. The standard InChI is InChI=1S/C22H40N6O6/c1-3-13(2)18(25)20(31)26-14(7-4-5-11-23)19(30)27-15(9-10-17(24)29)21(32)28-12-6-8-16(28)22(33)34/h13-16,18H,3-12,23,25H2,1-2H3,(H2,24,29)(H,26,31)(H,27,30)(H,33,34). The molecule has 0 radical (unpaired) electrons. The molecule has 0 aliphatic carbocycles. The molecule has 1 saturated heterocycles. The highest BCUT2D eigenvalue weighted by atomic mass is 16.4. The Morgan fingerprint density at radius 3 is 2.26 bits per heavy atom. The summed E-state index contributed by atoms with van der Waals surface area (Å²) < 4.78 is 0. The van der Waals surface area contributed by atoms with Crippen molar-refractivity contribution in [2.45, 2.75) is 89.4 Å². The first-order valence-electron chi connectivity index (χ1n) is 11.9. The van der Waals surface area contributed by atoms with Gasteiger partial charge in [0.1, 0.15) is 18.1 Å². The molecule has 5 atom stereocenters. The molecule has 34 heavy (non-hydrogen) atoms. The molecule has 0 spiro atoms. The van der Waals surface area contributed by atoms with Crippen LogP contribution < -0.4 is 27.8 Å². The predicted octanol–water partition coefficient (Wildman–Crippen LogP) is -1.20. The van der Waals surface area contributed by atoms with Gasteiger partial charge >= 0.3 is 5.97 Å². The molecule has 1 aliphatic heterocycles. The number of carbonyl (C=O) groups is 5. The topological polar surface area (TPSA) is 211 Å². The van der Waals surface area contributed by atoms with E-state index < -0.39 is 53.8 Å². The van der Waals surface area contributed by atoms with Crippen LogP contribution in [0, 0.1) is 5.92 Å². The lowest BCUT2D eigenvalue weighted by atomic mass is 9.98. The summed E-state index contributed by atoms with van der Waals surface area (Å²) in [7, 11) is 0. The molecule has 0 saturated carbocycles. The number of primary amides is 1. The van der Waals surface area contributed by atoms with E-state index in [1.165, 1.54) is 4.90 Å². The number of nitrogens with zero attached hydrogens (tertiary/aromatic N) is 1. The summed E-state index contributed by atoms with van der Waals surface area (Å²) in [6.45, 7) is 4.39. The van der Waals surface area contributed by atoms with Crippen molar-refractivity contribution >= 4 is 29.6 Å². The van der Waals surface area contributed by atoms with E-state index in [1.807, 2.05) is 13.8 Å². The van der Waals surface area contributed by atoms with E-state index in [1.54, 1.807) is 0 Å². The lowest BCUT2D eigenvalue weighted by molar-refractivity contribution is -0.149. The summed E-state index contributed by atoms with van der Waals surface area (Å²) in [5.41, 5.74) is 16.8. The number of carboxylic acids is 1.